The van der Waals surface area contributed by atoms with E-state index in [-0.39, 0.29) is 24.1 Å². The largest absolute Gasteiger partial charge is 0.506 e. The van der Waals surface area contributed by atoms with Crippen LogP contribution in [-0.2, 0) is 6.42 Å². The molecule has 0 spiro atoms. The van der Waals surface area contributed by atoms with E-state index >= 15 is 0 Å². The van der Waals surface area contributed by atoms with E-state index in [0.29, 0.717) is 28.7 Å². The number of hydrogen-bond donors (Lipinski definition) is 2. The van der Waals surface area contributed by atoms with Crippen molar-refractivity contribution in [3.63, 3.8) is 0 Å². The molecule has 0 radical (unpaired) electrons. The number of aliphatic hydroxyl groups is 1. The Hall–Kier alpha value is -2.44. The van der Waals surface area contributed by atoms with E-state index in [9.17, 15) is 10.2 Å². The summed E-state index contributed by atoms with van der Waals surface area (Å²) < 4.78 is 17.0. The molecule has 1 heterocycles. The lowest BCUT2D eigenvalue weighted by Crippen LogP contribution is -2.26. The minimum Gasteiger partial charge on any atom is -0.506 e. The molecule has 6 nitrogen and oxygen atoms in total. The van der Waals surface area contributed by atoms with Crippen molar-refractivity contribution in [2.75, 3.05) is 21.3 Å². The zero-order valence-electron chi connectivity index (χ0n) is 17.3. The summed E-state index contributed by atoms with van der Waals surface area (Å²) in [6.45, 7) is 0. The maximum atomic E-state index is 11.3. The van der Waals surface area contributed by atoms with Gasteiger partial charge in [-0.3, -0.25) is 4.98 Å². The highest BCUT2D eigenvalue weighted by Crippen LogP contribution is 2.54. The molecule has 0 saturated heterocycles. The second-order valence-electron chi connectivity index (χ2n) is 8.05. The molecule has 0 bridgehead atoms. The summed E-state index contributed by atoms with van der Waals surface area (Å²) >= 11 is 0. The Morgan fingerprint density at radius 3 is 2.47 bits per heavy atom. The van der Waals surface area contributed by atoms with E-state index in [1.54, 1.807) is 27.4 Å². The molecular formula is C23H26ClNO5. The molecule has 5 rings (SSSR count). The summed E-state index contributed by atoms with van der Waals surface area (Å²) in [5.41, 5.74) is 2.69. The number of hydrogen-bond acceptors (Lipinski definition) is 6. The highest BCUT2D eigenvalue weighted by atomic mass is 35.5. The van der Waals surface area contributed by atoms with Crippen LogP contribution in [0, 0.1) is 11.8 Å². The fourth-order valence-corrected chi connectivity index (χ4v) is 5.56. The summed E-state index contributed by atoms with van der Waals surface area (Å²) in [6, 6.07) is 3.65. The molecular weight excluding hydrogens is 406 g/mol. The Labute approximate surface area is 181 Å². The van der Waals surface area contributed by atoms with Gasteiger partial charge in [0.2, 0.25) is 5.75 Å². The second-order valence-corrected chi connectivity index (χ2v) is 8.05. The van der Waals surface area contributed by atoms with Crippen LogP contribution in [0.5, 0.6) is 23.0 Å². The summed E-state index contributed by atoms with van der Waals surface area (Å²) in [6.07, 6.45) is 5.09. The van der Waals surface area contributed by atoms with Gasteiger partial charge in [-0.1, -0.05) is 6.42 Å². The molecule has 1 unspecified atom stereocenters. The molecule has 2 aromatic carbocycles. The van der Waals surface area contributed by atoms with Gasteiger partial charge in [0.25, 0.3) is 0 Å². The number of nitrogens with zero attached hydrogens (tertiary/aromatic N) is 1. The third-order valence-electron chi connectivity index (χ3n) is 6.76. The summed E-state index contributed by atoms with van der Waals surface area (Å²) in [5, 5.41) is 24.0. The second kappa shape index (κ2) is 7.67. The van der Waals surface area contributed by atoms with Crippen molar-refractivity contribution in [2.45, 2.75) is 31.8 Å². The smallest absolute Gasteiger partial charge is 0.203 e. The molecule has 0 aliphatic heterocycles. The van der Waals surface area contributed by atoms with Crippen molar-refractivity contribution >= 4 is 34.1 Å². The van der Waals surface area contributed by atoms with Crippen LogP contribution in [-0.4, -0.2) is 36.5 Å². The van der Waals surface area contributed by atoms with Crippen molar-refractivity contribution in [1.29, 1.82) is 0 Å². The molecule has 160 valence electrons. The number of benzene rings is 2. The summed E-state index contributed by atoms with van der Waals surface area (Å²) in [7, 11) is 4.78. The molecule has 30 heavy (non-hydrogen) atoms. The van der Waals surface area contributed by atoms with E-state index in [4.69, 9.17) is 14.2 Å². The molecule has 2 aliphatic rings. The van der Waals surface area contributed by atoms with Crippen LogP contribution in [0.3, 0.4) is 0 Å². The van der Waals surface area contributed by atoms with Gasteiger partial charge in [0.1, 0.15) is 5.75 Å². The highest BCUT2D eigenvalue weighted by Gasteiger charge is 2.41. The lowest BCUT2D eigenvalue weighted by Gasteiger charge is -2.34. The Morgan fingerprint density at radius 1 is 1.00 bits per heavy atom. The van der Waals surface area contributed by atoms with Crippen molar-refractivity contribution in [3.05, 3.63) is 29.5 Å². The van der Waals surface area contributed by atoms with Gasteiger partial charge in [-0.25, -0.2) is 0 Å². The summed E-state index contributed by atoms with van der Waals surface area (Å²) in [5.74, 6) is 2.43. The SMILES string of the molecule is COc1cc2c3c(c4ncc(O)cc4c2c(OC)c1OC)[C@H](O)[C@@H]1CCCC1C3.Cl. The van der Waals surface area contributed by atoms with Crippen molar-refractivity contribution < 1.29 is 24.4 Å². The van der Waals surface area contributed by atoms with Crippen LogP contribution in [0.25, 0.3) is 21.7 Å². The summed E-state index contributed by atoms with van der Waals surface area (Å²) in [4.78, 5) is 4.54. The first-order valence-corrected chi connectivity index (χ1v) is 10.0. The van der Waals surface area contributed by atoms with Crippen molar-refractivity contribution in [3.8, 4) is 23.0 Å². The zero-order valence-corrected chi connectivity index (χ0v) is 18.1. The molecule has 1 saturated carbocycles. The van der Waals surface area contributed by atoms with Crippen LogP contribution in [0.15, 0.2) is 18.3 Å². The van der Waals surface area contributed by atoms with Crippen LogP contribution in [0.4, 0.5) is 0 Å². The molecule has 7 heteroatoms. The fourth-order valence-electron chi connectivity index (χ4n) is 5.56. The Morgan fingerprint density at radius 2 is 1.77 bits per heavy atom. The van der Waals surface area contributed by atoms with E-state index in [1.807, 2.05) is 6.07 Å². The van der Waals surface area contributed by atoms with E-state index in [0.717, 1.165) is 53.0 Å². The van der Waals surface area contributed by atoms with Gasteiger partial charge < -0.3 is 24.4 Å². The number of rotatable bonds is 3. The number of aromatic hydroxyl groups is 1. The number of pyridine rings is 1. The van der Waals surface area contributed by atoms with Gasteiger partial charge >= 0.3 is 0 Å². The molecule has 2 N–H and O–H groups in total. The number of fused-ring (bicyclic) bond motifs is 7. The fraction of sp³-hybridized carbons (Fsp3) is 0.435. The lowest BCUT2D eigenvalue weighted by atomic mass is 9.73. The first-order valence-electron chi connectivity index (χ1n) is 10.0. The molecule has 3 atom stereocenters. The zero-order chi connectivity index (χ0) is 20.3. The monoisotopic (exact) mass is 431 g/mol. The van der Waals surface area contributed by atoms with E-state index in [2.05, 4.69) is 4.98 Å². The topological polar surface area (TPSA) is 81.0 Å². The lowest BCUT2D eigenvalue weighted by molar-refractivity contribution is 0.0758. The van der Waals surface area contributed by atoms with Crippen molar-refractivity contribution in [1.82, 2.24) is 4.98 Å². The molecule has 1 fully saturated rings. The first kappa shape index (κ1) is 20.8. The normalized spacial score (nSPS) is 22.3. The average Bonchev–Trinajstić information content (AvgIpc) is 3.21. The van der Waals surface area contributed by atoms with Gasteiger partial charge in [-0.05, 0) is 54.2 Å². The molecule has 0 amide bonds. The maximum absolute atomic E-state index is 11.3. The Balaban J connectivity index is 0.00000218. The van der Waals surface area contributed by atoms with Gasteiger partial charge in [0.15, 0.2) is 11.5 Å². The Kier molecular flexibility index (Phi) is 5.32. The highest BCUT2D eigenvalue weighted by molar-refractivity contribution is 6.14. The first-order chi connectivity index (χ1) is 14.1. The minimum atomic E-state index is -0.561. The number of ether oxygens (including phenoxy) is 3. The van der Waals surface area contributed by atoms with E-state index < -0.39 is 6.10 Å². The maximum Gasteiger partial charge on any atom is 0.203 e. The average molecular weight is 432 g/mol. The van der Waals surface area contributed by atoms with Crippen LogP contribution in [0.1, 0.15) is 36.5 Å². The standard InChI is InChI=1S/C23H25NO5.ClH/c1-27-17-9-15-14-7-11-5-4-6-13(11)21(26)19(14)20-16(8-12(25)10-24-20)18(15)23(29-3)22(17)28-2;/h8-11,13,21,25-26H,4-7H2,1-3H3;1H/t11?,13-,21-;/m1./s1. The molecule has 1 aromatic heterocycles. The predicted molar refractivity (Wildman–Crippen MR) is 117 cm³/mol. The number of aromatic nitrogens is 1. The molecule has 2 aliphatic carbocycles. The minimum absolute atomic E-state index is 0. The number of methoxy groups -OCH3 is 3. The van der Waals surface area contributed by atoms with Crippen LogP contribution in [0.2, 0.25) is 0 Å². The third-order valence-corrected chi connectivity index (χ3v) is 6.76. The molecule has 3 aromatic rings. The number of aliphatic hydroxyl groups excluding tert-OH is 1. The van der Waals surface area contributed by atoms with Gasteiger partial charge in [-0.2, -0.15) is 0 Å². The van der Waals surface area contributed by atoms with Crippen LogP contribution < -0.4 is 14.2 Å². The van der Waals surface area contributed by atoms with Gasteiger partial charge in [0.05, 0.1) is 39.1 Å². The van der Waals surface area contributed by atoms with Gasteiger partial charge in [0, 0.05) is 16.3 Å². The van der Waals surface area contributed by atoms with Gasteiger partial charge in [-0.15, -0.1) is 12.4 Å². The van der Waals surface area contributed by atoms with Crippen LogP contribution >= 0.6 is 12.4 Å². The van der Waals surface area contributed by atoms with Crippen molar-refractivity contribution in [2.24, 2.45) is 11.8 Å². The third kappa shape index (κ3) is 2.77. The quantitative estimate of drug-likeness (QED) is 0.592. The van der Waals surface area contributed by atoms with E-state index in [1.165, 1.54) is 6.20 Å². The predicted octanol–water partition coefficient (Wildman–Crippen LogP) is 4.55. The number of halogens is 1. The Bertz CT molecular complexity index is 1130.